The minimum Gasteiger partial charge on any atom is -0.379 e. The molecule has 1 aromatic carbocycles. The molecule has 0 aliphatic carbocycles. The van der Waals surface area contributed by atoms with Crippen molar-refractivity contribution < 1.29 is 9.53 Å². The Bertz CT molecular complexity index is 611. The highest BCUT2D eigenvalue weighted by Crippen LogP contribution is 2.15. The van der Waals surface area contributed by atoms with Crippen molar-refractivity contribution in [2.24, 2.45) is 0 Å². The molecule has 0 spiro atoms. The molecule has 0 radical (unpaired) electrons. The van der Waals surface area contributed by atoms with Gasteiger partial charge in [0.05, 0.1) is 13.2 Å². The van der Waals surface area contributed by atoms with Crippen molar-refractivity contribution in [1.29, 1.82) is 0 Å². The number of morpholine rings is 1. The minimum absolute atomic E-state index is 0.130. The zero-order valence-electron chi connectivity index (χ0n) is 15.9. The summed E-state index contributed by atoms with van der Waals surface area (Å²) in [7, 11) is 0. The third-order valence-corrected chi connectivity index (χ3v) is 5.32. The largest absolute Gasteiger partial charge is 0.379 e. The van der Waals surface area contributed by atoms with Gasteiger partial charge >= 0.3 is 0 Å². The van der Waals surface area contributed by atoms with Gasteiger partial charge in [0.15, 0.2) is 5.11 Å². The number of nitrogens with zero attached hydrogens (tertiary/aromatic N) is 2. The fourth-order valence-corrected chi connectivity index (χ4v) is 3.70. The molecule has 0 atom stereocenters. The van der Waals surface area contributed by atoms with Gasteiger partial charge in [0.25, 0.3) is 5.91 Å². The van der Waals surface area contributed by atoms with Crippen LogP contribution in [-0.2, 0) is 4.74 Å². The maximum Gasteiger partial charge on any atom is 0.253 e. The highest BCUT2D eigenvalue weighted by molar-refractivity contribution is 7.80. The van der Waals surface area contributed by atoms with Crippen LogP contribution in [0.5, 0.6) is 0 Å². The lowest BCUT2D eigenvalue weighted by molar-refractivity contribution is 0.0376. The van der Waals surface area contributed by atoms with E-state index in [1.165, 1.54) is 6.42 Å². The third kappa shape index (κ3) is 6.45. The Hall–Kier alpha value is -1.70. The summed E-state index contributed by atoms with van der Waals surface area (Å²) < 4.78 is 5.36. The van der Waals surface area contributed by atoms with Crippen LogP contribution < -0.4 is 10.6 Å². The molecule has 2 N–H and O–H groups in total. The van der Waals surface area contributed by atoms with Crippen LogP contribution in [-0.4, -0.2) is 73.3 Å². The van der Waals surface area contributed by atoms with Crippen molar-refractivity contribution in [2.45, 2.75) is 25.7 Å². The lowest BCUT2D eigenvalue weighted by atomic mass is 10.1. The number of anilines is 1. The number of carbonyl (C=O) groups is 1. The first-order chi connectivity index (χ1) is 13.2. The zero-order valence-corrected chi connectivity index (χ0v) is 16.7. The lowest BCUT2D eigenvalue weighted by Crippen LogP contribution is -2.38. The molecule has 1 aromatic rings. The summed E-state index contributed by atoms with van der Waals surface area (Å²) in [4.78, 5) is 16.9. The predicted molar refractivity (Wildman–Crippen MR) is 112 cm³/mol. The molecular weight excluding hydrogens is 360 g/mol. The maximum absolute atomic E-state index is 12.5. The third-order valence-electron chi connectivity index (χ3n) is 5.07. The predicted octanol–water partition coefficient (Wildman–Crippen LogP) is 2.32. The van der Waals surface area contributed by atoms with Crippen molar-refractivity contribution in [3.8, 4) is 0 Å². The summed E-state index contributed by atoms with van der Waals surface area (Å²) in [5, 5.41) is 7.05. The van der Waals surface area contributed by atoms with Gasteiger partial charge in [-0.15, -0.1) is 0 Å². The van der Waals surface area contributed by atoms with Gasteiger partial charge in [0.2, 0.25) is 0 Å². The molecule has 0 bridgehead atoms. The summed E-state index contributed by atoms with van der Waals surface area (Å²) in [6, 6.07) is 7.58. The molecular formula is C20H30N4O2S. The highest BCUT2D eigenvalue weighted by atomic mass is 32.1. The van der Waals surface area contributed by atoms with E-state index >= 15 is 0 Å². The number of hydrogen-bond acceptors (Lipinski definition) is 4. The van der Waals surface area contributed by atoms with Crippen molar-refractivity contribution in [3.63, 3.8) is 0 Å². The van der Waals surface area contributed by atoms with Gasteiger partial charge in [0, 0.05) is 44.0 Å². The molecule has 0 aromatic heterocycles. The summed E-state index contributed by atoms with van der Waals surface area (Å²) >= 11 is 5.36. The summed E-state index contributed by atoms with van der Waals surface area (Å²) in [5.74, 6) is 0.130. The number of rotatable bonds is 6. The topological polar surface area (TPSA) is 56.8 Å². The lowest BCUT2D eigenvalue weighted by Gasteiger charge is -2.26. The van der Waals surface area contributed by atoms with Gasteiger partial charge in [-0.2, -0.15) is 0 Å². The van der Waals surface area contributed by atoms with Crippen LogP contribution in [0.2, 0.25) is 0 Å². The number of hydrogen-bond donors (Lipinski definition) is 2. The standard InChI is InChI=1S/C20H30N4O2S/c25-19(24-11-2-1-3-12-24)17-5-7-18(8-6-17)22-20(27)21-9-4-10-23-13-15-26-16-14-23/h5-8H,1-4,9-16H2,(H2,21,22,27). The van der Waals surface area contributed by atoms with Gasteiger partial charge in [-0.05, 0) is 68.7 Å². The summed E-state index contributed by atoms with van der Waals surface area (Å²) in [6.45, 7) is 7.36. The molecule has 1 amide bonds. The first-order valence-corrected chi connectivity index (χ1v) is 10.4. The fraction of sp³-hybridized carbons (Fsp3) is 0.600. The fourth-order valence-electron chi connectivity index (χ4n) is 3.48. The average molecular weight is 391 g/mol. The maximum atomic E-state index is 12.5. The first kappa shape index (κ1) is 20.0. The van der Waals surface area contributed by atoms with E-state index in [0.29, 0.717) is 5.11 Å². The molecule has 0 saturated carbocycles. The van der Waals surface area contributed by atoms with Crippen LogP contribution >= 0.6 is 12.2 Å². The van der Waals surface area contributed by atoms with E-state index in [2.05, 4.69) is 15.5 Å². The number of carbonyl (C=O) groups excluding carboxylic acids is 1. The van der Waals surface area contributed by atoms with Crippen LogP contribution in [0.1, 0.15) is 36.0 Å². The molecule has 2 fully saturated rings. The molecule has 7 heteroatoms. The number of benzene rings is 1. The van der Waals surface area contributed by atoms with E-state index in [0.717, 1.165) is 83.0 Å². The van der Waals surface area contributed by atoms with E-state index < -0.39 is 0 Å². The molecule has 2 aliphatic heterocycles. The van der Waals surface area contributed by atoms with E-state index in [9.17, 15) is 4.79 Å². The Morgan fingerprint density at radius 2 is 1.74 bits per heavy atom. The Balaban J connectivity index is 1.37. The highest BCUT2D eigenvalue weighted by Gasteiger charge is 2.17. The van der Waals surface area contributed by atoms with Crippen LogP contribution in [0.4, 0.5) is 5.69 Å². The second kappa shape index (κ2) is 10.6. The van der Waals surface area contributed by atoms with Crippen LogP contribution in [0.15, 0.2) is 24.3 Å². The Labute approximate surface area is 167 Å². The molecule has 2 saturated heterocycles. The van der Waals surface area contributed by atoms with Gasteiger partial charge in [0.1, 0.15) is 0 Å². The molecule has 2 aliphatic rings. The number of thiocarbonyl (C=S) groups is 1. The Kier molecular flexibility index (Phi) is 7.86. The van der Waals surface area contributed by atoms with Crippen molar-refractivity contribution in [1.82, 2.24) is 15.1 Å². The van der Waals surface area contributed by atoms with Crippen molar-refractivity contribution >= 4 is 28.9 Å². The molecule has 148 valence electrons. The molecule has 2 heterocycles. The van der Waals surface area contributed by atoms with E-state index in [4.69, 9.17) is 17.0 Å². The van der Waals surface area contributed by atoms with Gasteiger partial charge in [-0.25, -0.2) is 0 Å². The second-order valence-corrected chi connectivity index (χ2v) is 7.53. The van der Waals surface area contributed by atoms with Crippen molar-refractivity contribution in [2.75, 3.05) is 57.8 Å². The Morgan fingerprint density at radius 1 is 1.04 bits per heavy atom. The minimum atomic E-state index is 0.130. The molecule has 6 nitrogen and oxygen atoms in total. The van der Waals surface area contributed by atoms with E-state index in [-0.39, 0.29) is 5.91 Å². The van der Waals surface area contributed by atoms with E-state index in [1.54, 1.807) is 0 Å². The number of nitrogens with one attached hydrogen (secondary N) is 2. The molecule has 0 unspecified atom stereocenters. The monoisotopic (exact) mass is 390 g/mol. The molecule has 3 rings (SSSR count). The van der Waals surface area contributed by atoms with Gasteiger partial charge in [-0.1, -0.05) is 0 Å². The summed E-state index contributed by atoms with van der Waals surface area (Å²) in [5.41, 5.74) is 1.64. The SMILES string of the molecule is O=C(c1ccc(NC(=S)NCCCN2CCOCC2)cc1)N1CCCCC1. The van der Waals surface area contributed by atoms with E-state index in [1.807, 2.05) is 29.2 Å². The zero-order chi connectivity index (χ0) is 18.9. The first-order valence-electron chi connectivity index (χ1n) is 9.97. The number of amides is 1. The number of ether oxygens (including phenoxy) is 1. The summed E-state index contributed by atoms with van der Waals surface area (Å²) in [6.07, 6.45) is 4.49. The van der Waals surface area contributed by atoms with Crippen LogP contribution in [0.3, 0.4) is 0 Å². The average Bonchev–Trinajstić information content (AvgIpc) is 2.73. The van der Waals surface area contributed by atoms with Crippen molar-refractivity contribution in [3.05, 3.63) is 29.8 Å². The number of likely N-dealkylation sites (tertiary alicyclic amines) is 1. The normalized spacial score (nSPS) is 18.1. The second-order valence-electron chi connectivity index (χ2n) is 7.12. The van der Waals surface area contributed by atoms with Gasteiger partial charge in [-0.3, -0.25) is 9.69 Å². The van der Waals surface area contributed by atoms with Crippen LogP contribution in [0, 0.1) is 0 Å². The van der Waals surface area contributed by atoms with Gasteiger partial charge < -0.3 is 20.3 Å². The van der Waals surface area contributed by atoms with Crippen LogP contribution in [0.25, 0.3) is 0 Å². The molecule has 27 heavy (non-hydrogen) atoms. The Morgan fingerprint density at radius 3 is 2.44 bits per heavy atom. The smallest absolute Gasteiger partial charge is 0.253 e. The quantitative estimate of drug-likeness (QED) is 0.574. The number of piperidine rings is 1.